The van der Waals surface area contributed by atoms with Gasteiger partial charge in [0, 0.05) is 1.43 Å². The first-order chi connectivity index (χ1) is 8.37. The maximum absolute atomic E-state index is 10.4. The lowest BCUT2D eigenvalue weighted by Crippen LogP contribution is -2.39. The number of carbonyl (C=O) groups excluding carboxylic acids is 1. The highest BCUT2D eigenvalue weighted by molar-refractivity contribution is 5.79. The first-order valence-electron chi connectivity index (χ1n) is 6.85. The SMILES string of the molecule is CC.CCCC(C)(C)C.NC(=O)[C@@H]1COCCO1.[HH]. The molecule has 1 aliphatic heterocycles. The minimum absolute atomic E-state index is 0. The van der Waals surface area contributed by atoms with Crippen molar-refractivity contribution in [2.45, 2.75) is 60.5 Å². The summed E-state index contributed by atoms with van der Waals surface area (Å²) in [6, 6.07) is 0. The van der Waals surface area contributed by atoms with Crippen molar-refractivity contribution in [3.8, 4) is 0 Å². The van der Waals surface area contributed by atoms with E-state index in [1.165, 1.54) is 12.8 Å². The zero-order valence-electron chi connectivity index (χ0n) is 12.9. The van der Waals surface area contributed by atoms with E-state index in [1.54, 1.807) is 0 Å². The van der Waals surface area contributed by atoms with Crippen molar-refractivity contribution in [1.82, 2.24) is 0 Å². The summed E-state index contributed by atoms with van der Waals surface area (Å²) in [6.45, 7) is 14.4. The zero-order valence-corrected chi connectivity index (χ0v) is 12.9. The molecule has 0 spiro atoms. The van der Waals surface area contributed by atoms with E-state index in [0.29, 0.717) is 25.2 Å². The summed E-state index contributed by atoms with van der Waals surface area (Å²) in [5.41, 5.74) is 5.47. The van der Waals surface area contributed by atoms with Crippen LogP contribution < -0.4 is 5.73 Å². The van der Waals surface area contributed by atoms with Crippen LogP contribution in [0.15, 0.2) is 0 Å². The van der Waals surface area contributed by atoms with Crippen molar-refractivity contribution in [3.63, 3.8) is 0 Å². The summed E-state index contributed by atoms with van der Waals surface area (Å²) in [7, 11) is 0. The summed E-state index contributed by atoms with van der Waals surface area (Å²) < 4.78 is 9.86. The quantitative estimate of drug-likeness (QED) is 0.833. The number of hydrogen-bond acceptors (Lipinski definition) is 3. The van der Waals surface area contributed by atoms with E-state index in [4.69, 9.17) is 15.2 Å². The van der Waals surface area contributed by atoms with Crippen molar-refractivity contribution in [2.75, 3.05) is 19.8 Å². The van der Waals surface area contributed by atoms with E-state index in [-0.39, 0.29) is 1.43 Å². The minimum Gasteiger partial charge on any atom is -0.376 e. The van der Waals surface area contributed by atoms with Crippen LogP contribution in [0.3, 0.4) is 0 Å². The van der Waals surface area contributed by atoms with Crippen LogP contribution in [0.4, 0.5) is 0 Å². The van der Waals surface area contributed by atoms with Gasteiger partial charge in [-0.3, -0.25) is 4.79 Å². The van der Waals surface area contributed by atoms with Gasteiger partial charge in [0.1, 0.15) is 0 Å². The smallest absolute Gasteiger partial charge is 0.248 e. The molecule has 0 aromatic heterocycles. The third kappa shape index (κ3) is 13.5. The van der Waals surface area contributed by atoms with Gasteiger partial charge in [0.25, 0.3) is 0 Å². The monoisotopic (exact) mass is 263 g/mol. The average Bonchev–Trinajstić information content (AvgIpc) is 2.32. The van der Waals surface area contributed by atoms with Crippen LogP contribution in [-0.4, -0.2) is 31.8 Å². The molecule has 0 radical (unpaired) electrons. The molecule has 0 saturated carbocycles. The van der Waals surface area contributed by atoms with E-state index >= 15 is 0 Å². The topological polar surface area (TPSA) is 61.6 Å². The average molecular weight is 263 g/mol. The number of amides is 1. The molecular formula is C14H33NO3. The van der Waals surface area contributed by atoms with Crippen LogP contribution in [0.1, 0.15) is 55.8 Å². The molecular weight excluding hydrogens is 230 g/mol. The molecule has 1 fully saturated rings. The lowest BCUT2D eigenvalue weighted by Gasteiger charge is -2.19. The molecule has 0 aromatic rings. The van der Waals surface area contributed by atoms with Crippen LogP contribution in [0, 0.1) is 5.41 Å². The number of rotatable bonds is 2. The predicted octanol–water partition coefficient (Wildman–Crippen LogP) is 2.99. The fourth-order valence-electron chi connectivity index (χ4n) is 1.40. The molecule has 0 aromatic carbocycles. The molecule has 1 heterocycles. The van der Waals surface area contributed by atoms with Crippen molar-refractivity contribution in [3.05, 3.63) is 0 Å². The zero-order chi connectivity index (χ0) is 14.6. The Hall–Kier alpha value is -0.610. The van der Waals surface area contributed by atoms with Crippen molar-refractivity contribution >= 4 is 5.91 Å². The summed E-state index contributed by atoms with van der Waals surface area (Å²) in [5.74, 6) is -0.449. The number of nitrogens with two attached hydrogens (primary N) is 1. The van der Waals surface area contributed by atoms with E-state index in [9.17, 15) is 4.79 Å². The molecule has 1 amide bonds. The number of carbonyl (C=O) groups is 1. The molecule has 4 nitrogen and oxygen atoms in total. The van der Waals surface area contributed by atoms with Gasteiger partial charge in [-0.2, -0.15) is 0 Å². The van der Waals surface area contributed by atoms with Gasteiger partial charge in [0.2, 0.25) is 5.91 Å². The maximum atomic E-state index is 10.4. The Bertz CT molecular complexity index is 199. The first kappa shape index (κ1) is 19.7. The van der Waals surface area contributed by atoms with Crippen molar-refractivity contribution in [1.29, 1.82) is 0 Å². The molecule has 4 heteroatoms. The molecule has 112 valence electrons. The summed E-state index contributed by atoms with van der Waals surface area (Å²) in [6.07, 6.45) is 2.12. The van der Waals surface area contributed by atoms with Gasteiger partial charge in [0.05, 0.1) is 19.8 Å². The maximum Gasteiger partial charge on any atom is 0.248 e. The standard InChI is InChI=1S/C7H16.C5H9NO3.C2H6.H2/c1-5-6-7(2,3)4;6-5(7)4-3-8-1-2-9-4;1-2;/h5-6H2,1-4H3;4H,1-3H2,(H2,6,7);1-2H3;1H/t;4-;;/m.0../s1. The Labute approximate surface area is 114 Å². The fourth-order valence-corrected chi connectivity index (χ4v) is 1.40. The fraction of sp³-hybridized carbons (Fsp3) is 0.929. The number of ether oxygens (including phenoxy) is 2. The third-order valence-corrected chi connectivity index (χ3v) is 2.13. The molecule has 0 unspecified atom stereocenters. The lowest BCUT2D eigenvalue weighted by molar-refractivity contribution is -0.144. The Morgan fingerprint density at radius 1 is 1.33 bits per heavy atom. The van der Waals surface area contributed by atoms with Crippen LogP contribution in [0.5, 0.6) is 0 Å². The number of primary amides is 1. The van der Waals surface area contributed by atoms with Gasteiger partial charge in [0.15, 0.2) is 6.10 Å². The highest BCUT2D eigenvalue weighted by Gasteiger charge is 2.18. The van der Waals surface area contributed by atoms with Gasteiger partial charge in [-0.15, -0.1) is 0 Å². The van der Waals surface area contributed by atoms with E-state index in [1.807, 2.05) is 13.8 Å². The van der Waals surface area contributed by atoms with Crippen LogP contribution in [0.2, 0.25) is 0 Å². The molecule has 1 rings (SSSR count). The summed E-state index contributed by atoms with van der Waals surface area (Å²) in [4.78, 5) is 10.4. The van der Waals surface area contributed by atoms with Crippen molar-refractivity contribution < 1.29 is 15.7 Å². The molecule has 1 saturated heterocycles. The highest BCUT2D eigenvalue weighted by atomic mass is 16.6. The molecule has 2 N–H and O–H groups in total. The van der Waals surface area contributed by atoms with E-state index < -0.39 is 12.0 Å². The van der Waals surface area contributed by atoms with Crippen LogP contribution in [-0.2, 0) is 14.3 Å². The van der Waals surface area contributed by atoms with Crippen LogP contribution >= 0.6 is 0 Å². The van der Waals surface area contributed by atoms with Crippen molar-refractivity contribution in [2.24, 2.45) is 11.1 Å². The Balaban J connectivity index is -0.000000233. The second-order valence-corrected chi connectivity index (χ2v) is 5.15. The van der Waals surface area contributed by atoms with Gasteiger partial charge in [-0.1, -0.05) is 48.0 Å². The summed E-state index contributed by atoms with van der Waals surface area (Å²) >= 11 is 0. The minimum atomic E-state index is -0.529. The Morgan fingerprint density at radius 2 is 1.89 bits per heavy atom. The molecule has 0 bridgehead atoms. The predicted molar refractivity (Wildman–Crippen MR) is 77.6 cm³/mol. The lowest BCUT2D eigenvalue weighted by atomic mass is 9.91. The molecule has 0 aliphatic carbocycles. The first-order valence-corrected chi connectivity index (χ1v) is 6.85. The second kappa shape index (κ2) is 11.5. The largest absolute Gasteiger partial charge is 0.376 e. The molecule has 1 aliphatic rings. The van der Waals surface area contributed by atoms with Gasteiger partial charge in [-0.25, -0.2) is 0 Å². The number of hydrogen-bond donors (Lipinski definition) is 1. The van der Waals surface area contributed by atoms with Crippen LogP contribution in [0.25, 0.3) is 0 Å². The van der Waals surface area contributed by atoms with Gasteiger partial charge >= 0.3 is 0 Å². The highest BCUT2D eigenvalue weighted by Crippen LogP contribution is 2.19. The Morgan fingerprint density at radius 3 is 2.06 bits per heavy atom. The third-order valence-electron chi connectivity index (χ3n) is 2.13. The van der Waals surface area contributed by atoms with Gasteiger partial charge < -0.3 is 15.2 Å². The van der Waals surface area contributed by atoms with E-state index in [2.05, 4.69) is 27.7 Å². The van der Waals surface area contributed by atoms with Gasteiger partial charge in [-0.05, 0) is 11.8 Å². The Kier molecular flexibility index (Phi) is 12.6. The van der Waals surface area contributed by atoms with E-state index in [0.717, 1.165) is 0 Å². The second-order valence-electron chi connectivity index (χ2n) is 5.15. The molecule has 1 atom stereocenters. The summed E-state index contributed by atoms with van der Waals surface area (Å²) in [5, 5.41) is 0. The molecule has 18 heavy (non-hydrogen) atoms. The normalized spacial score (nSPS) is 18.9.